The summed E-state index contributed by atoms with van der Waals surface area (Å²) in [6.45, 7) is 3.74. The van der Waals surface area contributed by atoms with Crippen molar-refractivity contribution in [3.05, 3.63) is 70.8 Å². The Labute approximate surface area is 159 Å². The van der Waals surface area contributed by atoms with Crippen LogP contribution in [0.25, 0.3) is 6.08 Å². The molecular formula is C19H21ClN2O3S. The molecule has 0 atom stereocenters. The number of benzene rings is 2. The zero-order valence-electron chi connectivity index (χ0n) is 14.6. The highest BCUT2D eigenvalue weighted by molar-refractivity contribution is 7.89. The van der Waals surface area contributed by atoms with Crippen LogP contribution in [0.15, 0.2) is 59.5 Å². The maximum absolute atomic E-state index is 12.2. The second kappa shape index (κ2) is 8.98. The van der Waals surface area contributed by atoms with E-state index >= 15 is 0 Å². The van der Waals surface area contributed by atoms with E-state index in [0.717, 1.165) is 5.56 Å². The summed E-state index contributed by atoms with van der Waals surface area (Å²) in [7, 11) is -3.56. The summed E-state index contributed by atoms with van der Waals surface area (Å²) in [6, 6.07) is 13.4. The van der Waals surface area contributed by atoms with E-state index in [0.29, 0.717) is 10.6 Å². The number of amides is 1. The van der Waals surface area contributed by atoms with Gasteiger partial charge in [-0.1, -0.05) is 35.9 Å². The number of halogens is 1. The van der Waals surface area contributed by atoms with E-state index in [4.69, 9.17) is 11.6 Å². The predicted octanol–water partition coefficient (Wildman–Crippen LogP) is 3.36. The lowest BCUT2D eigenvalue weighted by atomic mass is 10.2. The highest BCUT2D eigenvalue weighted by Crippen LogP contribution is 2.13. The second-order valence-corrected chi connectivity index (χ2v) is 8.18. The van der Waals surface area contributed by atoms with Crippen LogP contribution < -0.4 is 10.0 Å². The summed E-state index contributed by atoms with van der Waals surface area (Å²) < 4.78 is 26.9. The van der Waals surface area contributed by atoms with Gasteiger partial charge in [-0.3, -0.25) is 4.79 Å². The molecule has 26 heavy (non-hydrogen) atoms. The maximum Gasteiger partial charge on any atom is 0.244 e. The van der Waals surface area contributed by atoms with E-state index in [9.17, 15) is 13.2 Å². The van der Waals surface area contributed by atoms with Crippen LogP contribution in [-0.4, -0.2) is 20.4 Å². The van der Waals surface area contributed by atoms with Crippen LogP contribution in [0.1, 0.15) is 25.0 Å². The van der Waals surface area contributed by atoms with E-state index < -0.39 is 10.0 Å². The van der Waals surface area contributed by atoms with Gasteiger partial charge in [0.05, 0.1) is 4.90 Å². The Morgan fingerprint density at radius 3 is 2.58 bits per heavy atom. The van der Waals surface area contributed by atoms with Crippen molar-refractivity contribution in [2.24, 2.45) is 0 Å². The largest absolute Gasteiger partial charge is 0.348 e. The summed E-state index contributed by atoms with van der Waals surface area (Å²) in [5.74, 6) is -0.279. The van der Waals surface area contributed by atoms with Crippen molar-refractivity contribution in [2.45, 2.75) is 31.3 Å². The Morgan fingerprint density at radius 1 is 1.15 bits per heavy atom. The molecule has 0 aromatic heterocycles. The van der Waals surface area contributed by atoms with E-state index in [1.165, 1.54) is 12.1 Å². The minimum absolute atomic E-state index is 0.174. The molecule has 7 heteroatoms. The maximum atomic E-state index is 12.2. The van der Waals surface area contributed by atoms with Crippen LogP contribution in [0.4, 0.5) is 0 Å². The Hall–Kier alpha value is -2.15. The van der Waals surface area contributed by atoms with Gasteiger partial charge in [-0.2, -0.15) is 0 Å². The van der Waals surface area contributed by atoms with Gasteiger partial charge in [0.2, 0.25) is 15.9 Å². The van der Waals surface area contributed by atoms with Gasteiger partial charge in [0, 0.05) is 23.7 Å². The molecule has 2 N–H and O–H groups in total. The van der Waals surface area contributed by atoms with Crippen LogP contribution in [0.5, 0.6) is 0 Å². The van der Waals surface area contributed by atoms with E-state index in [1.54, 1.807) is 56.3 Å². The minimum atomic E-state index is -3.56. The average molecular weight is 393 g/mol. The van der Waals surface area contributed by atoms with Gasteiger partial charge in [0.15, 0.2) is 0 Å². The first kappa shape index (κ1) is 20.2. The van der Waals surface area contributed by atoms with E-state index in [-0.39, 0.29) is 23.4 Å². The molecule has 0 saturated carbocycles. The fourth-order valence-corrected chi connectivity index (χ4v) is 3.75. The van der Waals surface area contributed by atoms with Crippen LogP contribution >= 0.6 is 11.6 Å². The quantitative estimate of drug-likeness (QED) is 0.709. The predicted molar refractivity (Wildman–Crippen MR) is 104 cm³/mol. The van der Waals surface area contributed by atoms with Gasteiger partial charge in [0.25, 0.3) is 0 Å². The van der Waals surface area contributed by atoms with Gasteiger partial charge < -0.3 is 5.32 Å². The molecule has 0 radical (unpaired) electrons. The third-order valence-electron chi connectivity index (χ3n) is 3.34. The Kier molecular flexibility index (Phi) is 6.97. The van der Waals surface area contributed by atoms with Gasteiger partial charge in [0.1, 0.15) is 0 Å². The monoisotopic (exact) mass is 392 g/mol. The minimum Gasteiger partial charge on any atom is -0.348 e. The molecule has 0 bridgehead atoms. The molecule has 0 heterocycles. The highest BCUT2D eigenvalue weighted by Gasteiger charge is 2.15. The zero-order valence-corrected chi connectivity index (χ0v) is 16.1. The second-order valence-electron chi connectivity index (χ2n) is 6.03. The van der Waals surface area contributed by atoms with Gasteiger partial charge in [-0.05, 0) is 55.3 Å². The number of carbonyl (C=O) groups is 1. The lowest BCUT2D eigenvalue weighted by Crippen LogP contribution is -2.30. The molecular weight excluding hydrogens is 372 g/mol. The highest BCUT2D eigenvalue weighted by atomic mass is 35.5. The van der Waals surface area contributed by atoms with Crippen molar-refractivity contribution in [3.63, 3.8) is 0 Å². The standard InChI is InChI=1S/C19H21ClN2O3S/c1-14(2)22-26(24,25)18-8-4-6-16(12-18)13-21-19(23)10-9-15-5-3-7-17(20)11-15/h3-12,14,22H,13H2,1-2H3,(H,21,23). The molecule has 0 spiro atoms. The van der Waals surface area contributed by atoms with Gasteiger partial charge in [-0.15, -0.1) is 0 Å². The molecule has 0 unspecified atom stereocenters. The number of sulfonamides is 1. The SMILES string of the molecule is CC(C)NS(=O)(=O)c1cccc(CNC(=O)C=Cc2cccc(Cl)c2)c1. The first-order valence-corrected chi connectivity index (χ1v) is 9.95. The smallest absolute Gasteiger partial charge is 0.244 e. The molecule has 2 aromatic carbocycles. The van der Waals surface area contributed by atoms with Gasteiger partial charge in [-0.25, -0.2) is 13.1 Å². The van der Waals surface area contributed by atoms with E-state index in [2.05, 4.69) is 10.0 Å². The number of hydrogen-bond acceptors (Lipinski definition) is 3. The average Bonchev–Trinajstić information content (AvgIpc) is 2.57. The van der Waals surface area contributed by atoms with Crippen molar-refractivity contribution < 1.29 is 13.2 Å². The van der Waals surface area contributed by atoms with Crippen molar-refractivity contribution in [1.82, 2.24) is 10.0 Å². The number of nitrogens with one attached hydrogen (secondary N) is 2. The Morgan fingerprint density at radius 2 is 1.88 bits per heavy atom. The third kappa shape index (κ3) is 6.29. The molecule has 0 saturated heterocycles. The van der Waals surface area contributed by atoms with Crippen LogP contribution in [0, 0.1) is 0 Å². The summed E-state index contributed by atoms with van der Waals surface area (Å²) in [6.07, 6.45) is 3.07. The molecule has 0 aliphatic carbocycles. The molecule has 0 aliphatic rings. The lowest BCUT2D eigenvalue weighted by Gasteiger charge is -2.11. The molecule has 0 aliphatic heterocycles. The Balaban J connectivity index is 1.99. The van der Waals surface area contributed by atoms with Crippen molar-refractivity contribution in [2.75, 3.05) is 0 Å². The number of rotatable bonds is 7. The van der Waals surface area contributed by atoms with Crippen LogP contribution in [0.2, 0.25) is 5.02 Å². The third-order valence-corrected chi connectivity index (χ3v) is 5.23. The zero-order chi connectivity index (χ0) is 19.2. The van der Waals surface area contributed by atoms with Crippen molar-refractivity contribution in [3.8, 4) is 0 Å². The molecule has 0 fully saturated rings. The molecule has 5 nitrogen and oxygen atoms in total. The fourth-order valence-electron chi connectivity index (χ4n) is 2.23. The first-order chi connectivity index (χ1) is 12.3. The summed E-state index contributed by atoms with van der Waals surface area (Å²) >= 11 is 5.90. The molecule has 138 valence electrons. The van der Waals surface area contributed by atoms with Gasteiger partial charge >= 0.3 is 0 Å². The topological polar surface area (TPSA) is 75.3 Å². The number of carbonyl (C=O) groups excluding carboxylic acids is 1. The molecule has 2 aromatic rings. The number of hydrogen-bond donors (Lipinski definition) is 2. The fraction of sp³-hybridized carbons (Fsp3) is 0.211. The summed E-state index contributed by atoms with van der Waals surface area (Å²) in [5.41, 5.74) is 1.52. The lowest BCUT2D eigenvalue weighted by molar-refractivity contribution is -0.116. The normalized spacial score (nSPS) is 11.8. The molecule has 2 rings (SSSR count). The summed E-state index contributed by atoms with van der Waals surface area (Å²) in [4.78, 5) is 12.1. The van der Waals surface area contributed by atoms with Crippen LogP contribution in [-0.2, 0) is 21.4 Å². The molecule has 1 amide bonds. The van der Waals surface area contributed by atoms with Crippen molar-refractivity contribution in [1.29, 1.82) is 0 Å². The summed E-state index contributed by atoms with van der Waals surface area (Å²) in [5, 5.41) is 3.33. The Bertz CT molecular complexity index is 909. The van der Waals surface area contributed by atoms with Crippen LogP contribution in [0.3, 0.4) is 0 Å². The van der Waals surface area contributed by atoms with E-state index in [1.807, 2.05) is 6.07 Å². The van der Waals surface area contributed by atoms with Crippen molar-refractivity contribution >= 4 is 33.6 Å². The first-order valence-electron chi connectivity index (χ1n) is 8.09.